The summed E-state index contributed by atoms with van der Waals surface area (Å²) in [6, 6.07) is 5.57. The number of rotatable bonds is 6. The van der Waals surface area contributed by atoms with Crippen LogP contribution in [-0.2, 0) is 14.8 Å². The lowest BCUT2D eigenvalue weighted by molar-refractivity contribution is -0.119. The molecule has 1 saturated heterocycles. The Balaban J connectivity index is 1.71. The molecular formula is C17H25N3O3S. The standard InChI is InChI=1S/C17H25N3O3S/c1-13-5-6-15(18-12-17(21)19-14-7-8-14)11-16(13)24(22,23)20-9-3-2-4-10-20/h5-6,11,14,18H,2-4,7-10,12H2,1H3,(H,19,21). The van der Waals surface area contributed by atoms with Crippen molar-refractivity contribution in [1.82, 2.24) is 9.62 Å². The number of amides is 1. The van der Waals surface area contributed by atoms with E-state index in [0.717, 1.165) is 37.7 Å². The van der Waals surface area contributed by atoms with Crippen LogP contribution in [0.1, 0.15) is 37.7 Å². The van der Waals surface area contributed by atoms with E-state index in [0.29, 0.717) is 29.7 Å². The van der Waals surface area contributed by atoms with E-state index in [1.807, 2.05) is 6.07 Å². The van der Waals surface area contributed by atoms with Crippen molar-refractivity contribution in [1.29, 1.82) is 0 Å². The molecule has 1 aromatic rings. The van der Waals surface area contributed by atoms with E-state index in [9.17, 15) is 13.2 Å². The van der Waals surface area contributed by atoms with E-state index < -0.39 is 10.0 Å². The Morgan fingerprint density at radius 2 is 1.92 bits per heavy atom. The van der Waals surface area contributed by atoms with Crippen LogP contribution in [0.2, 0.25) is 0 Å². The Labute approximate surface area is 143 Å². The highest BCUT2D eigenvalue weighted by molar-refractivity contribution is 7.89. The van der Waals surface area contributed by atoms with Gasteiger partial charge in [-0.3, -0.25) is 4.79 Å². The number of anilines is 1. The van der Waals surface area contributed by atoms with Crippen molar-refractivity contribution in [3.8, 4) is 0 Å². The highest BCUT2D eigenvalue weighted by Gasteiger charge is 2.27. The van der Waals surface area contributed by atoms with Gasteiger partial charge in [-0.15, -0.1) is 0 Å². The zero-order chi connectivity index (χ0) is 17.2. The van der Waals surface area contributed by atoms with E-state index in [4.69, 9.17) is 0 Å². The number of nitrogens with one attached hydrogen (secondary N) is 2. The summed E-state index contributed by atoms with van der Waals surface area (Å²) in [5.74, 6) is -0.0569. The average molecular weight is 351 g/mol. The molecule has 0 radical (unpaired) electrons. The van der Waals surface area contributed by atoms with E-state index in [1.54, 1.807) is 23.4 Å². The minimum absolute atomic E-state index is 0.0569. The van der Waals surface area contributed by atoms with Gasteiger partial charge in [0, 0.05) is 24.8 Å². The monoisotopic (exact) mass is 351 g/mol. The van der Waals surface area contributed by atoms with E-state index in [1.165, 1.54) is 0 Å². The Hall–Kier alpha value is -1.60. The highest BCUT2D eigenvalue weighted by Crippen LogP contribution is 2.26. The molecule has 2 fully saturated rings. The third kappa shape index (κ3) is 4.08. The first-order chi connectivity index (χ1) is 11.5. The van der Waals surface area contributed by atoms with Crippen LogP contribution >= 0.6 is 0 Å². The number of hydrogen-bond acceptors (Lipinski definition) is 4. The molecule has 1 saturated carbocycles. The van der Waals surface area contributed by atoms with Gasteiger partial charge in [-0.1, -0.05) is 12.5 Å². The molecule has 0 atom stereocenters. The van der Waals surface area contributed by atoms with Crippen molar-refractivity contribution in [3.05, 3.63) is 23.8 Å². The van der Waals surface area contributed by atoms with E-state index in [2.05, 4.69) is 10.6 Å². The third-order valence-corrected chi connectivity index (χ3v) is 6.56. The fourth-order valence-electron chi connectivity index (χ4n) is 2.92. The first-order valence-electron chi connectivity index (χ1n) is 8.61. The van der Waals surface area contributed by atoms with Gasteiger partial charge in [0.05, 0.1) is 11.4 Å². The van der Waals surface area contributed by atoms with Crippen LogP contribution < -0.4 is 10.6 Å². The summed E-state index contributed by atoms with van der Waals surface area (Å²) in [5.41, 5.74) is 1.38. The molecule has 0 aromatic heterocycles. The van der Waals surface area contributed by atoms with Crippen LogP contribution in [0, 0.1) is 6.92 Å². The quantitative estimate of drug-likeness (QED) is 0.820. The molecule has 1 aromatic carbocycles. The summed E-state index contributed by atoms with van der Waals surface area (Å²) < 4.78 is 27.3. The number of benzene rings is 1. The molecule has 1 amide bonds. The largest absolute Gasteiger partial charge is 0.376 e. The van der Waals surface area contributed by atoms with Crippen molar-refractivity contribution < 1.29 is 13.2 Å². The lowest BCUT2D eigenvalue weighted by Gasteiger charge is -2.26. The minimum Gasteiger partial charge on any atom is -0.376 e. The maximum Gasteiger partial charge on any atom is 0.243 e. The van der Waals surface area contributed by atoms with Gasteiger partial charge in [0.2, 0.25) is 15.9 Å². The maximum atomic E-state index is 12.9. The Bertz CT molecular complexity index is 708. The molecule has 1 aliphatic heterocycles. The van der Waals surface area contributed by atoms with Gasteiger partial charge in [0.1, 0.15) is 0 Å². The normalized spacial score (nSPS) is 19.0. The second-order valence-corrected chi connectivity index (χ2v) is 8.55. The smallest absolute Gasteiger partial charge is 0.243 e. The summed E-state index contributed by atoms with van der Waals surface area (Å²) in [5, 5.41) is 5.93. The molecule has 0 bridgehead atoms. The molecule has 1 heterocycles. The minimum atomic E-state index is -3.47. The van der Waals surface area contributed by atoms with Crippen LogP contribution in [0.3, 0.4) is 0 Å². The number of sulfonamides is 1. The van der Waals surface area contributed by atoms with Gasteiger partial charge in [-0.2, -0.15) is 4.31 Å². The van der Waals surface area contributed by atoms with Gasteiger partial charge in [-0.05, 0) is 50.3 Å². The Kier molecular flexibility index (Phi) is 5.10. The topological polar surface area (TPSA) is 78.5 Å². The Morgan fingerprint density at radius 1 is 1.21 bits per heavy atom. The van der Waals surface area contributed by atoms with Gasteiger partial charge in [-0.25, -0.2) is 8.42 Å². The number of carbonyl (C=O) groups is 1. The van der Waals surface area contributed by atoms with E-state index >= 15 is 0 Å². The van der Waals surface area contributed by atoms with Crippen LogP contribution in [0.25, 0.3) is 0 Å². The number of aryl methyl sites for hydroxylation is 1. The summed E-state index contributed by atoms with van der Waals surface area (Å²) >= 11 is 0. The molecule has 6 nitrogen and oxygen atoms in total. The van der Waals surface area contributed by atoms with Crippen LogP contribution in [-0.4, -0.2) is 44.3 Å². The Morgan fingerprint density at radius 3 is 2.58 bits per heavy atom. The molecule has 7 heteroatoms. The zero-order valence-electron chi connectivity index (χ0n) is 14.0. The molecule has 2 N–H and O–H groups in total. The lowest BCUT2D eigenvalue weighted by Crippen LogP contribution is -2.36. The molecular weight excluding hydrogens is 326 g/mol. The fourth-order valence-corrected chi connectivity index (χ4v) is 4.69. The summed E-state index contributed by atoms with van der Waals surface area (Å²) in [6.45, 7) is 3.13. The molecule has 132 valence electrons. The molecule has 3 rings (SSSR count). The second kappa shape index (κ2) is 7.11. The van der Waals surface area contributed by atoms with Gasteiger partial charge < -0.3 is 10.6 Å². The number of carbonyl (C=O) groups excluding carboxylic acids is 1. The van der Waals surface area contributed by atoms with Crippen molar-refractivity contribution in [2.75, 3.05) is 25.0 Å². The average Bonchev–Trinajstić information content (AvgIpc) is 3.38. The number of hydrogen-bond donors (Lipinski definition) is 2. The van der Waals surface area contributed by atoms with Crippen molar-refractivity contribution in [3.63, 3.8) is 0 Å². The third-order valence-electron chi connectivity index (χ3n) is 4.52. The SMILES string of the molecule is Cc1ccc(NCC(=O)NC2CC2)cc1S(=O)(=O)N1CCCCC1. The molecule has 2 aliphatic rings. The van der Waals surface area contributed by atoms with Crippen LogP contribution in [0.5, 0.6) is 0 Å². The van der Waals surface area contributed by atoms with Gasteiger partial charge >= 0.3 is 0 Å². The first kappa shape index (κ1) is 17.2. The molecule has 0 spiro atoms. The van der Waals surface area contributed by atoms with Crippen molar-refractivity contribution >= 4 is 21.6 Å². The second-order valence-electron chi connectivity index (χ2n) is 6.64. The van der Waals surface area contributed by atoms with Crippen LogP contribution in [0.4, 0.5) is 5.69 Å². The van der Waals surface area contributed by atoms with E-state index in [-0.39, 0.29) is 12.5 Å². The predicted octanol–water partition coefficient (Wildman–Crippen LogP) is 1.86. The van der Waals surface area contributed by atoms with Crippen LogP contribution in [0.15, 0.2) is 23.1 Å². The van der Waals surface area contributed by atoms with Gasteiger partial charge in [0.25, 0.3) is 0 Å². The van der Waals surface area contributed by atoms with Gasteiger partial charge in [0.15, 0.2) is 0 Å². The van der Waals surface area contributed by atoms with Crippen molar-refractivity contribution in [2.45, 2.75) is 50.0 Å². The molecule has 24 heavy (non-hydrogen) atoms. The number of nitrogens with zero attached hydrogens (tertiary/aromatic N) is 1. The maximum absolute atomic E-state index is 12.9. The fraction of sp³-hybridized carbons (Fsp3) is 0.588. The summed E-state index contributed by atoms with van der Waals surface area (Å²) in [7, 11) is -3.47. The summed E-state index contributed by atoms with van der Waals surface area (Å²) in [4.78, 5) is 12.1. The summed E-state index contributed by atoms with van der Waals surface area (Å²) in [6.07, 6.45) is 5.01. The highest BCUT2D eigenvalue weighted by atomic mass is 32.2. The van der Waals surface area contributed by atoms with Crippen molar-refractivity contribution in [2.24, 2.45) is 0 Å². The zero-order valence-corrected chi connectivity index (χ0v) is 14.9. The first-order valence-corrected chi connectivity index (χ1v) is 10.0. The predicted molar refractivity (Wildman–Crippen MR) is 93.4 cm³/mol. The molecule has 0 unspecified atom stereocenters. The molecule has 1 aliphatic carbocycles. The number of piperidine rings is 1. The lowest BCUT2D eigenvalue weighted by atomic mass is 10.2.